The van der Waals surface area contributed by atoms with E-state index in [0.717, 1.165) is 6.07 Å². The van der Waals surface area contributed by atoms with Crippen LogP contribution in [-0.2, 0) is 12.4 Å². The zero-order valence-corrected chi connectivity index (χ0v) is 10.9. The SMILES string of the molecule is Nc1cc(-c2ccccc2)c(C(F)(F)F)c(C(F)(F)F)c1N. The summed E-state index contributed by atoms with van der Waals surface area (Å²) in [7, 11) is 0. The Morgan fingerprint density at radius 3 is 1.68 bits per heavy atom. The van der Waals surface area contributed by atoms with Gasteiger partial charge in [-0.3, -0.25) is 0 Å². The second-order valence-electron chi connectivity index (χ2n) is 4.54. The zero-order valence-electron chi connectivity index (χ0n) is 10.9. The number of anilines is 2. The number of hydrogen-bond acceptors (Lipinski definition) is 2. The highest BCUT2D eigenvalue weighted by molar-refractivity contribution is 5.82. The molecule has 0 bridgehead atoms. The monoisotopic (exact) mass is 320 g/mol. The lowest BCUT2D eigenvalue weighted by Gasteiger charge is -2.22. The summed E-state index contributed by atoms with van der Waals surface area (Å²) >= 11 is 0. The van der Waals surface area contributed by atoms with Gasteiger partial charge in [0.15, 0.2) is 0 Å². The van der Waals surface area contributed by atoms with Crippen LogP contribution in [0.25, 0.3) is 11.1 Å². The second-order valence-corrected chi connectivity index (χ2v) is 4.54. The first-order valence-corrected chi connectivity index (χ1v) is 5.95. The normalized spacial score (nSPS) is 12.5. The Bertz CT molecular complexity index is 689. The minimum Gasteiger partial charge on any atom is -0.397 e. The van der Waals surface area contributed by atoms with Gasteiger partial charge in [0.2, 0.25) is 0 Å². The third-order valence-electron chi connectivity index (χ3n) is 3.05. The van der Waals surface area contributed by atoms with Gasteiger partial charge in [-0.15, -0.1) is 0 Å². The number of alkyl halides is 6. The lowest BCUT2D eigenvalue weighted by molar-refractivity contribution is -0.161. The van der Waals surface area contributed by atoms with E-state index in [9.17, 15) is 26.3 Å². The molecule has 0 heterocycles. The minimum atomic E-state index is -5.28. The van der Waals surface area contributed by atoms with Gasteiger partial charge in [0.05, 0.1) is 22.5 Å². The van der Waals surface area contributed by atoms with E-state index in [-0.39, 0.29) is 5.56 Å². The maximum Gasteiger partial charge on any atom is 0.419 e. The molecular weight excluding hydrogens is 310 g/mol. The molecule has 2 rings (SSSR count). The van der Waals surface area contributed by atoms with Crippen molar-refractivity contribution in [3.8, 4) is 11.1 Å². The van der Waals surface area contributed by atoms with Crippen molar-refractivity contribution < 1.29 is 26.3 Å². The van der Waals surface area contributed by atoms with Crippen molar-refractivity contribution in [1.29, 1.82) is 0 Å². The molecule has 0 aliphatic carbocycles. The van der Waals surface area contributed by atoms with Crippen molar-refractivity contribution >= 4 is 11.4 Å². The molecule has 0 aliphatic rings. The average Bonchev–Trinajstić information content (AvgIpc) is 2.39. The summed E-state index contributed by atoms with van der Waals surface area (Å²) < 4.78 is 79.0. The van der Waals surface area contributed by atoms with Crippen LogP contribution in [-0.4, -0.2) is 0 Å². The molecule has 4 N–H and O–H groups in total. The van der Waals surface area contributed by atoms with E-state index in [1.54, 1.807) is 0 Å². The topological polar surface area (TPSA) is 52.0 Å². The Kier molecular flexibility index (Phi) is 3.72. The van der Waals surface area contributed by atoms with E-state index < -0.39 is 40.4 Å². The molecule has 0 spiro atoms. The maximum absolute atomic E-state index is 13.2. The summed E-state index contributed by atoms with van der Waals surface area (Å²) in [5.74, 6) is 0. The second kappa shape index (κ2) is 5.11. The number of benzene rings is 2. The molecule has 0 aliphatic heterocycles. The van der Waals surface area contributed by atoms with Gasteiger partial charge < -0.3 is 11.5 Å². The van der Waals surface area contributed by atoms with Gasteiger partial charge in [-0.05, 0) is 17.2 Å². The van der Waals surface area contributed by atoms with Crippen molar-refractivity contribution in [2.75, 3.05) is 11.5 Å². The zero-order chi connectivity index (χ0) is 16.7. The van der Waals surface area contributed by atoms with Gasteiger partial charge in [0.1, 0.15) is 0 Å². The first-order valence-electron chi connectivity index (χ1n) is 5.95. The van der Waals surface area contributed by atoms with Crippen LogP contribution >= 0.6 is 0 Å². The highest BCUT2D eigenvalue weighted by Crippen LogP contribution is 2.49. The number of hydrogen-bond donors (Lipinski definition) is 2. The molecular formula is C14H10F6N2. The lowest BCUT2D eigenvalue weighted by Crippen LogP contribution is -2.21. The molecule has 0 fully saturated rings. The molecule has 0 amide bonds. The molecule has 118 valence electrons. The summed E-state index contributed by atoms with van der Waals surface area (Å²) in [5, 5.41) is 0. The van der Waals surface area contributed by atoms with E-state index >= 15 is 0 Å². The lowest BCUT2D eigenvalue weighted by atomic mass is 9.92. The number of halogens is 6. The Morgan fingerprint density at radius 2 is 1.23 bits per heavy atom. The molecule has 2 nitrogen and oxygen atoms in total. The van der Waals surface area contributed by atoms with E-state index in [4.69, 9.17) is 11.5 Å². The predicted octanol–water partition coefficient (Wildman–Crippen LogP) is 4.56. The molecule has 0 atom stereocenters. The van der Waals surface area contributed by atoms with Crippen molar-refractivity contribution in [3.05, 3.63) is 47.5 Å². The third-order valence-corrected chi connectivity index (χ3v) is 3.05. The number of rotatable bonds is 1. The van der Waals surface area contributed by atoms with Gasteiger partial charge in [0, 0.05) is 0 Å². The van der Waals surface area contributed by atoms with Crippen LogP contribution in [0.4, 0.5) is 37.7 Å². The molecule has 8 heteroatoms. The van der Waals surface area contributed by atoms with Crippen LogP contribution in [0.5, 0.6) is 0 Å². The van der Waals surface area contributed by atoms with Crippen LogP contribution < -0.4 is 11.5 Å². The molecule has 2 aromatic carbocycles. The van der Waals surface area contributed by atoms with Crippen LogP contribution in [0.15, 0.2) is 36.4 Å². The first-order chi connectivity index (χ1) is 10.0. The fraction of sp³-hybridized carbons (Fsp3) is 0.143. The Balaban J connectivity index is 2.94. The fourth-order valence-electron chi connectivity index (χ4n) is 2.15. The van der Waals surface area contributed by atoms with Gasteiger partial charge in [-0.25, -0.2) is 0 Å². The van der Waals surface area contributed by atoms with E-state index in [0.29, 0.717) is 0 Å². The van der Waals surface area contributed by atoms with E-state index in [1.165, 1.54) is 30.3 Å². The predicted molar refractivity (Wildman–Crippen MR) is 70.7 cm³/mol. The first kappa shape index (κ1) is 16.0. The van der Waals surface area contributed by atoms with Crippen LogP contribution in [0, 0.1) is 0 Å². The smallest absolute Gasteiger partial charge is 0.397 e. The van der Waals surface area contributed by atoms with Crippen molar-refractivity contribution in [2.24, 2.45) is 0 Å². The fourth-order valence-corrected chi connectivity index (χ4v) is 2.15. The quantitative estimate of drug-likeness (QED) is 0.598. The highest BCUT2D eigenvalue weighted by atomic mass is 19.4. The Labute approximate surface area is 121 Å². The molecule has 0 unspecified atom stereocenters. The molecule has 2 aromatic rings. The third kappa shape index (κ3) is 2.81. The van der Waals surface area contributed by atoms with Crippen LogP contribution in [0.1, 0.15) is 11.1 Å². The van der Waals surface area contributed by atoms with E-state index in [1.807, 2.05) is 0 Å². The van der Waals surface area contributed by atoms with Gasteiger partial charge in [-0.2, -0.15) is 26.3 Å². The van der Waals surface area contributed by atoms with Crippen molar-refractivity contribution in [1.82, 2.24) is 0 Å². The minimum absolute atomic E-state index is 0.0352. The maximum atomic E-state index is 13.2. The largest absolute Gasteiger partial charge is 0.419 e. The van der Waals surface area contributed by atoms with Gasteiger partial charge >= 0.3 is 12.4 Å². The summed E-state index contributed by atoms with van der Waals surface area (Å²) in [6, 6.07) is 7.69. The molecule has 0 saturated heterocycles. The standard InChI is InChI=1S/C14H10F6N2/c15-13(16,17)10-8(7-4-2-1-3-5-7)6-9(21)12(22)11(10)14(18,19)20/h1-6H,21-22H2. The summed E-state index contributed by atoms with van der Waals surface area (Å²) in [6.07, 6.45) is -10.5. The molecule has 0 radical (unpaired) electrons. The van der Waals surface area contributed by atoms with Crippen LogP contribution in [0.2, 0.25) is 0 Å². The summed E-state index contributed by atoms with van der Waals surface area (Å²) in [4.78, 5) is 0. The molecule has 0 saturated carbocycles. The highest BCUT2D eigenvalue weighted by Gasteiger charge is 2.47. The average molecular weight is 320 g/mol. The Hall–Kier alpha value is -2.38. The van der Waals surface area contributed by atoms with Gasteiger partial charge in [0.25, 0.3) is 0 Å². The van der Waals surface area contributed by atoms with Crippen molar-refractivity contribution in [3.63, 3.8) is 0 Å². The van der Waals surface area contributed by atoms with E-state index in [2.05, 4.69) is 0 Å². The number of nitrogen functional groups attached to an aromatic ring is 2. The van der Waals surface area contributed by atoms with Crippen molar-refractivity contribution in [2.45, 2.75) is 12.4 Å². The molecule has 0 aromatic heterocycles. The summed E-state index contributed by atoms with van der Waals surface area (Å²) in [5.41, 5.74) is 4.37. The Morgan fingerprint density at radius 1 is 0.727 bits per heavy atom. The van der Waals surface area contributed by atoms with Crippen LogP contribution in [0.3, 0.4) is 0 Å². The summed E-state index contributed by atoms with van der Waals surface area (Å²) in [6.45, 7) is 0. The van der Waals surface area contributed by atoms with Gasteiger partial charge in [-0.1, -0.05) is 30.3 Å². The molecule has 22 heavy (non-hydrogen) atoms. The number of nitrogens with two attached hydrogens (primary N) is 2.